The van der Waals surface area contributed by atoms with Crippen LogP contribution in [0.3, 0.4) is 0 Å². The predicted molar refractivity (Wildman–Crippen MR) is 99.0 cm³/mol. The van der Waals surface area contributed by atoms with Gasteiger partial charge in [0, 0.05) is 0 Å². The van der Waals surface area contributed by atoms with Crippen LogP contribution >= 0.6 is 0 Å². The minimum atomic E-state index is -1.55. The zero-order chi connectivity index (χ0) is 26.5. The fraction of sp³-hybridized carbons (Fsp3) is 0.111. The Bertz CT molecular complexity index is 557. The van der Waals surface area contributed by atoms with Gasteiger partial charge < -0.3 is 59.4 Å². The molecule has 0 atom stereocenters. The quantitative estimate of drug-likeness (QED) is 0.134. The summed E-state index contributed by atoms with van der Waals surface area (Å²) in [5, 5.41) is 56.5. The molecule has 0 heterocycles. The van der Waals surface area contributed by atoms with Crippen molar-refractivity contribution in [2.24, 2.45) is 0 Å². The van der Waals surface area contributed by atoms with E-state index >= 15 is 0 Å². The van der Waals surface area contributed by atoms with Crippen LogP contribution in [0.4, 0.5) is 0 Å². The predicted octanol–water partition coefficient (Wildman–Crippen LogP) is -7.35. The van der Waals surface area contributed by atoms with Crippen LogP contribution in [0.1, 0.15) is 0 Å². The van der Waals surface area contributed by atoms with Gasteiger partial charge in [0.05, 0.1) is 35.8 Å². The maximum absolute atomic E-state index is 9.41. The van der Waals surface area contributed by atoms with E-state index in [1.807, 2.05) is 12.2 Å². The molecule has 0 aliphatic rings. The molecule has 0 aromatic rings. The van der Waals surface area contributed by atoms with Gasteiger partial charge in [-0.25, -0.2) is 0 Å². The van der Waals surface area contributed by atoms with Crippen molar-refractivity contribution in [1.82, 2.24) is 0 Å². The van der Waals surface area contributed by atoms with Gasteiger partial charge in [0.25, 0.3) is 0 Å². The van der Waals surface area contributed by atoms with Crippen LogP contribution < -0.4 is 30.6 Å². The Labute approximate surface area is 210 Å². The molecule has 12 nitrogen and oxygen atoms in total. The Morgan fingerprint density at radius 1 is 0.469 bits per heavy atom. The van der Waals surface area contributed by atoms with E-state index in [1.165, 1.54) is 8.87 Å². The fourth-order valence-corrected chi connectivity index (χ4v) is 0.408. The topological polar surface area (TPSA) is 241 Å². The summed E-state index contributed by atoms with van der Waals surface area (Å²) in [6.45, 7) is 7.00. The van der Waals surface area contributed by atoms with Gasteiger partial charge >= 0.3 is 79.2 Å². The smallest absolute Gasteiger partial charge is 0.0643 e. The van der Waals surface area contributed by atoms with Crippen LogP contribution in [0.25, 0.3) is 0 Å². The van der Waals surface area contributed by atoms with Gasteiger partial charge in [-0.05, 0) is 36.5 Å². The first-order valence-corrected chi connectivity index (χ1v) is 11.6. The van der Waals surface area contributed by atoms with Gasteiger partial charge in [0.15, 0.2) is 0 Å². The second-order valence-corrected chi connectivity index (χ2v) is 6.23. The molecule has 0 bridgehead atoms. The van der Waals surface area contributed by atoms with E-state index in [2.05, 4.69) is 13.2 Å². The number of hydrogen-bond acceptors (Lipinski definition) is 12. The van der Waals surface area contributed by atoms with E-state index in [1.54, 1.807) is 45.0 Å². The summed E-state index contributed by atoms with van der Waals surface area (Å²) in [7, 11) is 0. The van der Waals surface area contributed by atoms with Crippen LogP contribution in [0.5, 0.6) is 0 Å². The van der Waals surface area contributed by atoms with Gasteiger partial charge in [-0.2, -0.15) is 0 Å². The Morgan fingerprint density at radius 2 is 0.562 bits per heavy atom. The molecule has 0 unspecified atom stereocenters. The van der Waals surface area contributed by atoms with Crippen molar-refractivity contribution in [2.45, 2.75) is 8.87 Å². The molecule has 0 spiro atoms. The molecular formula is C18H16O12Sn2. The molecule has 0 saturated carbocycles. The van der Waals surface area contributed by atoms with Gasteiger partial charge in [0.2, 0.25) is 0 Å². The van der Waals surface area contributed by atoms with E-state index in [9.17, 15) is 59.4 Å². The number of carboxylic acid groups (broad SMARTS) is 6. The number of carboxylic acids is 6. The normalized spacial score (nSPS) is 8.75. The van der Waals surface area contributed by atoms with Gasteiger partial charge in [-0.15, -0.1) is 0 Å². The Hall–Kier alpha value is -2.88. The number of rotatable bonds is 8. The molecule has 32 heavy (non-hydrogen) atoms. The molecule has 14 heteroatoms. The summed E-state index contributed by atoms with van der Waals surface area (Å²) in [6, 6.07) is 0. The monoisotopic (exact) mass is 664 g/mol. The molecule has 0 N–H and O–H groups in total. The van der Waals surface area contributed by atoms with Crippen molar-refractivity contribution in [3.8, 4) is 0 Å². The molecule has 0 aliphatic carbocycles. The SMILES string of the molecule is C=C[CH2][Sn+3].C=C[CH2][Sn+3].O=C([O-])C=CC(=O)[O-].O=C([O-])C=CC(=O)[O-].O=C([O-])C=CC(=O)[O-]. The van der Waals surface area contributed by atoms with Crippen molar-refractivity contribution in [3.05, 3.63) is 61.8 Å². The van der Waals surface area contributed by atoms with E-state index < -0.39 is 35.8 Å². The zero-order valence-electron chi connectivity index (χ0n) is 16.3. The third kappa shape index (κ3) is 92.8. The molecular weight excluding hydrogens is 646 g/mol. The summed E-state index contributed by atoms with van der Waals surface area (Å²) in [4.78, 5) is 56.5. The molecule has 0 aromatic carbocycles. The van der Waals surface area contributed by atoms with E-state index in [0.717, 1.165) is 0 Å². The number of carbonyl (C=O) groups is 6. The average Bonchev–Trinajstić information content (AvgIpc) is 2.70. The first-order chi connectivity index (χ1) is 14.7. The number of hydrogen-bond donors (Lipinski definition) is 0. The van der Waals surface area contributed by atoms with Crippen LogP contribution in [0.2, 0.25) is 8.87 Å². The Morgan fingerprint density at radius 3 is 0.594 bits per heavy atom. The van der Waals surface area contributed by atoms with Crippen molar-refractivity contribution < 1.29 is 59.4 Å². The summed E-state index contributed by atoms with van der Waals surface area (Å²) >= 11 is 3.10. The van der Waals surface area contributed by atoms with E-state index in [-0.39, 0.29) is 0 Å². The first kappa shape index (κ1) is 39.6. The molecule has 0 saturated heterocycles. The number of allylic oxidation sites excluding steroid dienone is 2. The summed E-state index contributed by atoms with van der Waals surface area (Å²) < 4.78 is 2.35. The van der Waals surface area contributed by atoms with Crippen molar-refractivity contribution in [2.75, 3.05) is 0 Å². The van der Waals surface area contributed by atoms with Crippen LogP contribution in [-0.2, 0) is 28.8 Å². The third-order valence-electron chi connectivity index (χ3n) is 1.36. The molecule has 168 valence electrons. The molecule has 0 radical (unpaired) electrons. The van der Waals surface area contributed by atoms with Gasteiger partial charge in [-0.3, -0.25) is 0 Å². The number of aliphatic carboxylic acids is 6. The molecule has 0 rings (SSSR count). The second kappa shape index (κ2) is 32.8. The van der Waals surface area contributed by atoms with Crippen LogP contribution in [0.15, 0.2) is 61.8 Å². The van der Waals surface area contributed by atoms with Gasteiger partial charge in [-0.1, -0.05) is 0 Å². The maximum atomic E-state index is 9.41. The largest absolute Gasteiger partial charge is 0.545 e. The summed E-state index contributed by atoms with van der Waals surface area (Å²) in [5.41, 5.74) is 0. The number of carbonyl (C=O) groups excluding carboxylic acids is 6. The molecule has 0 aliphatic heterocycles. The zero-order valence-corrected chi connectivity index (χ0v) is 22.1. The van der Waals surface area contributed by atoms with E-state index in [4.69, 9.17) is 0 Å². The minimum Gasteiger partial charge on any atom is -0.545 e. The Balaban J connectivity index is -0.0000000980. The average molecular weight is 662 g/mol. The third-order valence-corrected chi connectivity index (χ3v) is 3.00. The first-order valence-electron chi connectivity index (χ1n) is 7.52. The van der Waals surface area contributed by atoms with E-state index in [0.29, 0.717) is 36.5 Å². The van der Waals surface area contributed by atoms with Crippen molar-refractivity contribution >= 4 is 80.9 Å². The molecule has 0 fully saturated rings. The fourth-order valence-electron chi connectivity index (χ4n) is 0.408. The minimum absolute atomic E-state index is 0.384. The Kier molecular flexibility index (Phi) is 40.5. The van der Waals surface area contributed by atoms with Crippen molar-refractivity contribution in [1.29, 1.82) is 0 Å². The summed E-state index contributed by atoms with van der Waals surface area (Å²) in [5.74, 6) is -9.28. The van der Waals surface area contributed by atoms with Crippen LogP contribution in [-0.4, -0.2) is 80.9 Å². The maximum Gasteiger partial charge on any atom is 0.0643 e. The van der Waals surface area contributed by atoms with Crippen LogP contribution in [0, 0.1) is 0 Å². The van der Waals surface area contributed by atoms with Gasteiger partial charge in [0.1, 0.15) is 0 Å². The molecule has 0 amide bonds. The second-order valence-electron chi connectivity index (χ2n) is 3.90. The standard InChI is InChI=1S/3C4H4O4.2C3H5.2Sn/c3*5-3(6)1-2-4(7)8;2*1-3-2;;/h3*1-2H,(H,5,6)(H,7,8);2*3H,1-2H2;;/q;;;;;2*+3/p-6. The summed E-state index contributed by atoms with van der Waals surface area (Å²) in [6.07, 6.45) is 6.14. The molecule has 0 aromatic heterocycles. The van der Waals surface area contributed by atoms with Crippen molar-refractivity contribution in [3.63, 3.8) is 0 Å².